The highest BCUT2D eigenvalue weighted by Crippen LogP contribution is 2.41. The van der Waals surface area contributed by atoms with E-state index in [-0.39, 0.29) is 0 Å². The molecule has 1 aliphatic rings. The quantitative estimate of drug-likeness (QED) is 0.805. The van der Waals surface area contributed by atoms with Crippen molar-refractivity contribution in [1.82, 2.24) is 4.98 Å². The van der Waals surface area contributed by atoms with Crippen LogP contribution in [0.25, 0.3) is 0 Å². The van der Waals surface area contributed by atoms with Crippen LogP contribution >= 0.6 is 11.6 Å². The van der Waals surface area contributed by atoms with E-state index in [1.165, 1.54) is 12.8 Å². The molecular formula is C10H13ClN2. The third kappa shape index (κ3) is 2.01. The van der Waals surface area contributed by atoms with Crippen molar-refractivity contribution in [1.29, 1.82) is 0 Å². The maximum absolute atomic E-state index is 5.76. The first-order valence-corrected chi connectivity index (χ1v) is 5.00. The maximum atomic E-state index is 5.76. The Labute approximate surface area is 83.1 Å². The highest BCUT2D eigenvalue weighted by molar-refractivity contribution is 6.30. The zero-order valence-corrected chi connectivity index (χ0v) is 8.17. The van der Waals surface area contributed by atoms with Crippen LogP contribution in [-0.2, 0) is 0 Å². The Morgan fingerprint density at radius 1 is 1.54 bits per heavy atom. The first-order chi connectivity index (χ1) is 6.31. The number of hydrogen-bond acceptors (Lipinski definition) is 2. The van der Waals surface area contributed by atoms with Gasteiger partial charge in [-0.15, -0.1) is 0 Å². The molecule has 1 saturated carbocycles. The highest BCUT2D eigenvalue weighted by atomic mass is 35.5. The summed E-state index contributed by atoms with van der Waals surface area (Å²) in [5, 5.41) is 0.690. The average molecular weight is 197 g/mol. The molecule has 1 aromatic rings. The number of pyridine rings is 1. The van der Waals surface area contributed by atoms with Crippen LogP contribution in [0, 0.1) is 5.92 Å². The zero-order valence-electron chi connectivity index (χ0n) is 7.41. The summed E-state index contributed by atoms with van der Waals surface area (Å²) in [4.78, 5) is 4.30. The van der Waals surface area contributed by atoms with E-state index in [9.17, 15) is 0 Å². The van der Waals surface area contributed by atoms with Gasteiger partial charge in [-0.05, 0) is 30.9 Å². The van der Waals surface area contributed by atoms with Gasteiger partial charge in [-0.25, -0.2) is 0 Å². The topological polar surface area (TPSA) is 38.9 Å². The minimum Gasteiger partial charge on any atom is -0.330 e. The number of aromatic nitrogens is 1. The lowest BCUT2D eigenvalue weighted by atomic mass is 9.99. The summed E-state index contributed by atoms with van der Waals surface area (Å²) in [5.74, 6) is 1.20. The maximum Gasteiger partial charge on any atom is 0.0589 e. The lowest BCUT2D eigenvalue weighted by molar-refractivity contribution is 0.599. The molecule has 13 heavy (non-hydrogen) atoms. The molecule has 0 saturated heterocycles. The van der Waals surface area contributed by atoms with E-state index in [4.69, 9.17) is 17.3 Å². The molecule has 2 rings (SSSR count). The summed E-state index contributed by atoms with van der Waals surface area (Å²) in [7, 11) is 0. The van der Waals surface area contributed by atoms with Crippen molar-refractivity contribution in [2.75, 3.05) is 6.54 Å². The summed E-state index contributed by atoms with van der Waals surface area (Å²) in [5.41, 5.74) is 6.80. The molecular weight excluding hydrogens is 184 g/mol. The Kier molecular flexibility index (Phi) is 2.51. The molecule has 0 radical (unpaired) electrons. The van der Waals surface area contributed by atoms with Crippen molar-refractivity contribution in [3.8, 4) is 0 Å². The Hall–Kier alpha value is -0.600. The number of rotatable bonds is 3. The van der Waals surface area contributed by atoms with Gasteiger partial charge < -0.3 is 5.73 Å². The van der Waals surface area contributed by atoms with E-state index < -0.39 is 0 Å². The summed E-state index contributed by atoms with van der Waals surface area (Å²) in [6.45, 7) is 0.694. The van der Waals surface area contributed by atoms with Gasteiger partial charge in [0.2, 0.25) is 0 Å². The van der Waals surface area contributed by atoms with E-state index in [2.05, 4.69) is 4.98 Å². The molecule has 0 amide bonds. The lowest BCUT2D eigenvalue weighted by Crippen LogP contribution is -2.15. The van der Waals surface area contributed by atoms with Crippen LogP contribution in [0.4, 0.5) is 0 Å². The Morgan fingerprint density at radius 2 is 2.31 bits per heavy atom. The predicted octanol–water partition coefficient (Wildman–Crippen LogP) is 2.19. The van der Waals surface area contributed by atoms with E-state index in [1.54, 1.807) is 6.20 Å². The molecule has 0 bridgehead atoms. The highest BCUT2D eigenvalue weighted by Gasteiger charge is 2.31. The van der Waals surface area contributed by atoms with Gasteiger partial charge in [-0.2, -0.15) is 0 Å². The number of hydrogen-bond donors (Lipinski definition) is 1. The number of halogens is 1. The molecule has 0 aliphatic heterocycles. The van der Waals surface area contributed by atoms with Gasteiger partial charge in [0.15, 0.2) is 0 Å². The van der Waals surface area contributed by atoms with E-state index in [1.807, 2.05) is 12.1 Å². The van der Waals surface area contributed by atoms with E-state index >= 15 is 0 Å². The molecule has 3 heteroatoms. The standard InChI is InChI=1S/C10H13ClN2/c11-8-3-4-10(13-6-8)9(5-12)7-1-2-7/h3-4,6-7,9H,1-2,5,12H2. The van der Waals surface area contributed by atoms with Gasteiger partial charge >= 0.3 is 0 Å². The third-order valence-electron chi connectivity index (χ3n) is 2.58. The predicted molar refractivity (Wildman–Crippen MR) is 53.8 cm³/mol. The third-order valence-corrected chi connectivity index (χ3v) is 2.80. The normalized spacial score (nSPS) is 18.6. The van der Waals surface area contributed by atoms with Crippen LogP contribution in [0.5, 0.6) is 0 Å². The lowest BCUT2D eigenvalue weighted by Gasteiger charge is -2.12. The molecule has 2 nitrogen and oxygen atoms in total. The minimum absolute atomic E-state index is 0.442. The molecule has 1 aliphatic carbocycles. The van der Waals surface area contributed by atoms with Gasteiger partial charge in [-0.3, -0.25) is 4.98 Å². The molecule has 2 N–H and O–H groups in total. The Morgan fingerprint density at radius 3 is 2.77 bits per heavy atom. The van der Waals surface area contributed by atoms with Crippen LogP contribution in [0.15, 0.2) is 18.3 Å². The number of nitrogens with two attached hydrogens (primary N) is 1. The molecule has 1 heterocycles. The molecule has 1 fully saturated rings. The van der Waals surface area contributed by atoms with Gasteiger partial charge in [0.05, 0.1) is 5.02 Å². The summed E-state index contributed by atoms with van der Waals surface area (Å²) in [6.07, 6.45) is 4.29. The second kappa shape index (κ2) is 3.64. The van der Waals surface area contributed by atoms with Crippen molar-refractivity contribution in [3.63, 3.8) is 0 Å². The average Bonchev–Trinajstić information content (AvgIpc) is 2.93. The van der Waals surface area contributed by atoms with Crippen LogP contribution in [-0.4, -0.2) is 11.5 Å². The van der Waals surface area contributed by atoms with E-state index in [0.29, 0.717) is 17.5 Å². The van der Waals surface area contributed by atoms with Crippen molar-refractivity contribution in [3.05, 3.63) is 29.0 Å². The Balaban J connectivity index is 2.17. The van der Waals surface area contributed by atoms with Crippen LogP contribution in [0.3, 0.4) is 0 Å². The summed E-state index contributed by atoms with van der Waals surface area (Å²) in [6, 6.07) is 3.87. The van der Waals surface area contributed by atoms with Crippen LogP contribution in [0.1, 0.15) is 24.5 Å². The molecule has 70 valence electrons. The SMILES string of the molecule is NCC(c1ccc(Cl)cn1)C1CC1. The largest absolute Gasteiger partial charge is 0.330 e. The van der Waals surface area contributed by atoms with Crippen molar-refractivity contribution in [2.24, 2.45) is 11.7 Å². The molecule has 0 spiro atoms. The molecule has 1 unspecified atom stereocenters. The monoisotopic (exact) mass is 196 g/mol. The summed E-state index contributed by atoms with van der Waals surface area (Å²) < 4.78 is 0. The fraction of sp³-hybridized carbons (Fsp3) is 0.500. The van der Waals surface area contributed by atoms with Crippen LogP contribution < -0.4 is 5.73 Å². The molecule has 1 atom stereocenters. The zero-order chi connectivity index (χ0) is 9.26. The molecule has 0 aromatic carbocycles. The van der Waals surface area contributed by atoms with Gasteiger partial charge in [-0.1, -0.05) is 11.6 Å². The van der Waals surface area contributed by atoms with E-state index in [0.717, 1.165) is 11.6 Å². The van der Waals surface area contributed by atoms with Gasteiger partial charge in [0, 0.05) is 24.4 Å². The second-order valence-electron chi connectivity index (χ2n) is 3.58. The smallest absolute Gasteiger partial charge is 0.0589 e. The first-order valence-electron chi connectivity index (χ1n) is 4.63. The summed E-state index contributed by atoms with van der Waals surface area (Å²) >= 11 is 5.76. The number of nitrogens with zero attached hydrogens (tertiary/aromatic N) is 1. The van der Waals surface area contributed by atoms with Crippen LogP contribution in [0.2, 0.25) is 5.02 Å². The minimum atomic E-state index is 0.442. The second-order valence-corrected chi connectivity index (χ2v) is 4.02. The van der Waals surface area contributed by atoms with Gasteiger partial charge in [0.1, 0.15) is 0 Å². The molecule has 1 aromatic heterocycles. The van der Waals surface area contributed by atoms with Crippen molar-refractivity contribution >= 4 is 11.6 Å². The van der Waals surface area contributed by atoms with Crippen molar-refractivity contribution < 1.29 is 0 Å². The van der Waals surface area contributed by atoms with Gasteiger partial charge in [0.25, 0.3) is 0 Å². The fourth-order valence-corrected chi connectivity index (χ4v) is 1.77. The van der Waals surface area contributed by atoms with Crippen molar-refractivity contribution in [2.45, 2.75) is 18.8 Å². The fourth-order valence-electron chi connectivity index (χ4n) is 1.66. The Bertz CT molecular complexity index is 279. The first kappa shape index (κ1) is 8.97.